The third kappa shape index (κ3) is 5.00. The molecular weight excluding hydrogens is 388 g/mol. The number of benzene rings is 2. The Hall–Kier alpha value is -2.02. The van der Waals surface area contributed by atoms with E-state index < -0.39 is 0 Å². The Kier molecular flexibility index (Phi) is 6.55. The van der Waals surface area contributed by atoms with Gasteiger partial charge in [0.25, 0.3) is 0 Å². The van der Waals surface area contributed by atoms with Gasteiger partial charge in [0.1, 0.15) is 5.75 Å². The van der Waals surface area contributed by atoms with E-state index in [0.29, 0.717) is 28.6 Å². The number of hydrogen-bond acceptors (Lipinski definition) is 5. The van der Waals surface area contributed by atoms with Gasteiger partial charge >= 0.3 is 0 Å². The molecule has 3 aromatic rings. The second-order valence-electron chi connectivity index (χ2n) is 5.35. The lowest BCUT2D eigenvalue weighted by molar-refractivity contribution is -0.115. The summed E-state index contributed by atoms with van der Waals surface area (Å²) in [4.78, 5) is 16.7. The molecule has 1 N–H and O–H groups in total. The molecule has 4 nitrogen and oxygen atoms in total. The highest BCUT2D eigenvalue weighted by atomic mass is 35.5. The Morgan fingerprint density at radius 2 is 2.00 bits per heavy atom. The molecule has 0 bridgehead atoms. The first-order valence-corrected chi connectivity index (χ1v) is 10.2. The number of carbonyl (C=O) groups excluding carboxylic acids is 1. The van der Waals surface area contributed by atoms with E-state index in [1.807, 2.05) is 53.9 Å². The Morgan fingerprint density at radius 1 is 1.23 bits per heavy atom. The summed E-state index contributed by atoms with van der Waals surface area (Å²) in [6, 6.07) is 15.0. The van der Waals surface area contributed by atoms with Gasteiger partial charge in [0, 0.05) is 28.1 Å². The van der Waals surface area contributed by atoms with Gasteiger partial charge in [-0.25, -0.2) is 4.98 Å². The van der Waals surface area contributed by atoms with Crippen molar-refractivity contribution >= 4 is 46.3 Å². The summed E-state index contributed by atoms with van der Waals surface area (Å²) in [5, 5.41) is 5.60. The molecule has 1 heterocycles. The number of para-hydroxylation sites is 2. The van der Waals surface area contributed by atoms with Crippen molar-refractivity contribution in [3.8, 4) is 17.0 Å². The summed E-state index contributed by atoms with van der Waals surface area (Å²) in [6.07, 6.45) is 0.401. The minimum atomic E-state index is -0.0449. The van der Waals surface area contributed by atoms with Crippen LogP contribution in [-0.4, -0.2) is 23.8 Å². The normalized spacial score (nSPS) is 10.5. The third-order valence-corrected chi connectivity index (χ3v) is 5.83. The third-order valence-electron chi connectivity index (χ3n) is 3.56. The maximum absolute atomic E-state index is 12.1. The number of halogens is 1. The van der Waals surface area contributed by atoms with Crippen molar-refractivity contribution in [3.63, 3.8) is 0 Å². The molecule has 0 radical (unpaired) electrons. The van der Waals surface area contributed by atoms with E-state index in [-0.39, 0.29) is 5.91 Å². The first-order valence-electron chi connectivity index (χ1n) is 7.93. The summed E-state index contributed by atoms with van der Waals surface area (Å²) < 4.78 is 6.18. The molecule has 134 valence electrons. The highest BCUT2D eigenvalue weighted by molar-refractivity contribution is 8.01. The van der Waals surface area contributed by atoms with Crippen molar-refractivity contribution in [3.05, 3.63) is 58.9 Å². The van der Waals surface area contributed by atoms with Crippen LogP contribution in [0.2, 0.25) is 5.02 Å². The largest absolute Gasteiger partial charge is 0.495 e. The molecule has 0 saturated heterocycles. The monoisotopic (exact) mass is 404 g/mol. The zero-order chi connectivity index (χ0) is 18.4. The molecule has 0 saturated carbocycles. The molecule has 2 aromatic carbocycles. The predicted molar refractivity (Wildman–Crippen MR) is 110 cm³/mol. The van der Waals surface area contributed by atoms with Gasteiger partial charge in [-0.2, -0.15) is 0 Å². The van der Waals surface area contributed by atoms with E-state index in [1.54, 1.807) is 30.2 Å². The minimum absolute atomic E-state index is 0.0449. The number of ether oxygens (including phenoxy) is 1. The molecule has 0 spiro atoms. The quantitative estimate of drug-likeness (QED) is 0.521. The summed E-state index contributed by atoms with van der Waals surface area (Å²) in [5.74, 6) is 1.27. The van der Waals surface area contributed by atoms with Crippen LogP contribution >= 0.6 is 34.7 Å². The lowest BCUT2D eigenvalue weighted by Gasteiger charge is -2.09. The SMILES string of the molecule is COc1ccccc1NC(=O)CCSc1nc(-c2ccc(Cl)cc2)cs1. The number of methoxy groups -OCH3 is 1. The molecule has 0 aliphatic rings. The van der Waals surface area contributed by atoms with Crippen molar-refractivity contribution in [2.75, 3.05) is 18.2 Å². The van der Waals surface area contributed by atoms with Gasteiger partial charge < -0.3 is 10.1 Å². The van der Waals surface area contributed by atoms with E-state index in [4.69, 9.17) is 16.3 Å². The average Bonchev–Trinajstić information content (AvgIpc) is 3.11. The number of thiazole rings is 1. The fraction of sp³-hybridized carbons (Fsp3) is 0.158. The fourth-order valence-electron chi connectivity index (χ4n) is 2.27. The molecule has 0 unspecified atom stereocenters. The van der Waals surface area contributed by atoms with E-state index in [9.17, 15) is 4.79 Å². The van der Waals surface area contributed by atoms with Crippen LogP contribution < -0.4 is 10.1 Å². The molecule has 7 heteroatoms. The summed E-state index contributed by atoms with van der Waals surface area (Å²) in [6.45, 7) is 0. The first-order chi connectivity index (χ1) is 12.7. The van der Waals surface area contributed by atoms with Crippen LogP contribution in [0.15, 0.2) is 58.3 Å². The second kappa shape index (κ2) is 9.07. The van der Waals surface area contributed by atoms with Crippen LogP contribution in [0.25, 0.3) is 11.3 Å². The van der Waals surface area contributed by atoms with E-state index in [1.165, 1.54) is 0 Å². The molecule has 26 heavy (non-hydrogen) atoms. The smallest absolute Gasteiger partial charge is 0.225 e. The lowest BCUT2D eigenvalue weighted by atomic mass is 10.2. The van der Waals surface area contributed by atoms with Gasteiger partial charge in [0.2, 0.25) is 5.91 Å². The van der Waals surface area contributed by atoms with Crippen LogP contribution in [0.1, 0.15) is 6.42 Å². The maximum Gasteiger partial charge on any atom is 0.225 e. The number of rotatable bonds is 7. The first kappa shape index (κ1) is 18.8. The standard InChI is InChI=1S/C19H17ClN2O2S2/c1-24-17-5-3-2-4-15(17)21-18(23)10-11-25-19-22-16(12-26-19)13-6-8-14(20)9-7-13/h2-9,12H,10-11H2,1H3,(H,21,23). The molecule has 0 aliphatic heterocycles. The highest BCUT2D eigenvalue weighted by Crippen LogP contribution is 2.29. The predicted octanol–water partition coefficient (Wildman–Crippen LogP) is 5.59. The summed E-state index contributed by atoms with van der Waals surface area (Å²) >= 11 is 9.07. The van der Waals surface area contributed by atoms with Gasteiger partial charge in [0.05, 0.1) is 18.5 Å². The number of aromatic nitrogens is 1. The molecular formula is C19H17ClN2O2S2. The number of carbonyl (C=O) groups is 1. The van der Waals surface area contributed by atoms with Gasteiger partial charge in [-0.15, -0.1) is 11.3 Å². The zero-order valence-electron chi connectivity index (χ0n) is 14.1. The Morgan fingerprint density at radius 3 is 2.77 bits per heavy atom. The van der Waals surface area contributed by atoms with E-state index in [0.717, 1.165) is 15.6 Å². The lowest BCUT2D eigenvalue weighted by Crippen LogP contribution is -2.12. The van der Waals surface area contributed by atoms with Crippen molar-refractivity contribution in [2.45, 2.75) is 10.8 Å². The van der Waals surface area contributed by atoms with Crippen LogP contribution in [-0.2, 0) is 4.79 Å². The van der Waals surface area contributed by atoms with Crippen LogP contribution in [0.5, 0.6) is 5.75 Å². The number of amides is 1. The number of nitrogens with one attached hydrogen (secondary N) is 1. The summed E-state index contributed by atoms with van der Waals surface area (Å²) in [7, 11) is 1.58. The minimum Gasteiger partial charge on any atom is -0.495 e. The number of hydrogen-bond donors (Lipinski definition) is 1. The number of anilines is 1. The Balaban J connectivity index is 1.50. The molecule has 1 aromatic heterocycles. The Labute approximate surface area is 165 Å². The molecule has 3 rings (SSSR count). The van der Waals surface area contributed by atoms with Crippen LogP contribution in [0.4, 0.5) is 5.69 Å². The van der Waals surface area contributed by atoms with Crippen molar-refractivity contribution in [2.24, 2.45) is 0 Å². The molecule has 1 amide bonds. The van der Waals surface area contributed by atoms with Gasteiger partial charge in [-0.1, -0.05) is 47.6 Å². The maximum atomic E-state index is 12.1. The molecule has 0 atom stereocenters. The zero-order valence-corrected chi connectivity index (χ0v) is 16.5. The van der Waals surface area contributed by atoms with Gasteiger partial charge in [0.15, 0.2) is 4.34 Å². The summed E-state index contributed by atoms with van der Waals surface area (Å²) in [5.41, 5.74) is 2.64. The van der Waals surface area contributed by atoms with Gasteiger partial charge in [-0.3, -0.25) is 4.79 Å². The van der Waals surface area contributed by atoms with Crippen LogP contribution in [0, 0.1) is 0 Å². The van der Waals surface area contributed by atoms with Crippen molar-refractivity contribution in [1.29, 1.82) is 0 Å². The topological polar surface area (TPSA) is 51.2 Å². The highest BCUT2D eigenvalue weighted by Gasteiger charge is 2.09. The number of nitrogens with zero attached hydrogens (tertiary/aromatic N) is 1. The number of thioether (sulfide) groups is 1. The fourth-order valence-corrected chi connectivity index (χ4v) is 4.24. The van der Waals surface area contributed by atoms with Crippen molar-refractivity contribution in [1.82, 2.24) is 4.98 Å². The molecule has 0 fully saturated rings. The van der Waals surface area contributed by atoms with Crippen molar-refractivity contribution < 1.29 is 9.53 Å². The van der Waals surface area contributed by atoms with Gasteiger partial charge in [-0.05, 0) is 24.3 Å². The van der Waals surface area contributed by atoms with E-state index >= 15 is 0 Å². The second-order valence-corrected chi connectivity index (χ2v) is 7.99. The average molecular weight is 405 g/mol. The molecule has 0 aliphatic carbocycles. The van der Waals surface area contributed by atoms with Crippen LogP contribution in [0.3, 0.4) is 0 Å². The van der Waals surface area contributed by atoms with E-state index in [2.05, 4.69) is 10.3 Å². The Bertz CT molecular complexity index is 881.